The maximum atomic E-state index is 12.7. The Morgan fingerprint density at radius 3 is 2.39 bits per heavy atom. The molecule has 5 nitrogen and oxygen atoms in total. The predicted molar refractivity (Wildman–Crippen MR) is 112 cm³/mol. The number of amides is 2. The third-order valence-electron chi connectivity index (χ3n) is 4.74. The van der Waals surface area contributed by atoms with E-state index >= 15 is 0 Å². The highest BCUT2D eigenvalue weighted by atomic mass is 35.5. The first-order valence-electron chi connectivity index (χ1n) is 8.77. The monoisotopic (exact) mass is 440 g/mol. The van der Waals surface area contributed by atoms with E-state index in [1.807, 2.05) is 0 Å². The minimum absolute atomic E-state index is 0.0646. The molecule has 8 heteroatoms. The highest BCUT2D eigenvalue weighted by Gasteiger charge is 2.28. The van der Waals surface area contributed by atoms with Crippen LogP contribution in [0.5, 0.6) is 5.75 Å². The largest absolute Gasteiger partial charge is 0.497 e. The molecule has 1 heterocycles. The van der Waals surface area contributed by atoms with E-state index in [4.69, 9.17) is 39.5 Å². The topological polar surface area (TPSA) is 58.6 Å². The van der Waals surface area contributed by atoms with Gasteiger partial charge >= 0.3 is 0 Å². The summed E-state index contributed by atoms with van der Waals surface area (Å²) >= 11 is 18.0. The lowest BCUT2D eigenvalue weighted by molar-refractivity contribution is -0.121. The fourth-order valence-electron chi connectivity index (χ4n) is 3.14. The van der Waals surface area contributed by atoms with Crippen LogP contribution in [0.25, 0.3) is 0 Å². The van der Waals surface area contributed by atoms with Crippen molar-refractivity contribution in [1.82, 2.24) is 4.90 Å². The lowest BCUT2D eigenvalue weighted by atomic mass is 9.95. The summed E-state index contributed by atoms with van der Waals surface area (Å²) in [6, 6.07) is 10.1. The number of hydrogen-bond donors (Lipinski definition) is 1. The fraction of sp³-hybridized carbons (Fsp3) is 0.300. The molecule has 1 aliphatic heterocycles. The maximum absolute atomic E-state index is 12.7. The molecule has 28 heavy (non-hydrogen) atoms. The van der Waals surface area contributed by atoms with Crippen LogP contribution in [0.4, 0.5) is 5.69 Å². The second-order valence-electron chi connectivity index (χ2n) is 6.53. The molecule has 1 N–H and O–H groups in total. The third kappa shape index (κ3) is 4.72. The minimum Gasteiger partial charge on any atom is -0.497 e. The number of piperidine rings is 1. The van der Waals surface area contributed by atoms with Crippen LogP contribution >= 0.6 is 34.8 Å². The molecule has 0 bridgehead atoms. The number of hydrogen-bond acceptors (Lipinski definition) is 3. The van der Waals surface area contributed by atoms with Crippen LogP contribution in [0, 0.1) is 5.92 Å². The number of anilines is 1. The molecule has 0 radical (unpaired) electrons. The average molecular weight is 442 g/mol. The number of benzene rings is 2. The molecule has 0 unspecified atom stereocenters. The Hall–Kier alpha value is -1.95. The van der Waals surface area contributed by atoms with Gasteiger partial charge in [0.15, 0.2) is 0 Å². The highest BCUT2D eigenvalue weighted by molar-refractivity contribution is 6.44. The van der Waals surface area contributed by atoms with Gasteiger partial charge in [-0.1, -0.05) is 40.9 Å². The number of methoxy groups -OCH3 is 1. The maximum Gasteiger partial charge on any atom is 0.253 e. The molecule has 2 aromatic carbocycles. The van der Waals surface area contributed by atoms with Gasteiger partial charge in [0.25, 0.3) is 5.91 Å². The van der Waals surface area contributed by atoms with Crippen LogP contribution < -0.4 is 10.1 Å². The summed E-state index contributed by atoms with van der Waals surface area (Å²) in [5.74, 6) is 0.220. The molecular weight excluding hydrogens is 423 g/mol. The van der Waals surface area contributed by atoms with Crippen molar-refractivity contribution in [2.75, 3.05) is 25.5 Å². The number of carbonyl (C=O) groups is 2. The van der Waals surface area contributed by atoms with Crippen molar-refractivity contribution in [3.05, 3.63) is 57.0 Å². The van der Waals surface area contributed by atoms with E-state index in [9.17, 15) is 9.59 Å². The Morgan fingerprint density at radius 2 is 1.71 bits per heavy atom. The molecule has 0 saturated carbocycles. The second-order valence-corrected chi connectivity index (χ2v) is 7.76. The molecule has 1 saturated heterocycles. The van der Waals surface area contributed by atoms with Gasteiger partial charge in [-0.25, -0.2) is 0 Å². The van der Waals surface area contributed by atoms with Gasteiger partial charge in [0.2, 0.25) is 5.91 Å². The summed E-state index contributed by atoms with van der Waals surface area (Å²) in [5, 5.41) is 3.78. The Labute approximate surface area is 178 Å². The number of carbonyl (C=O) groups excluding carboxylic acids is 2. The summed E-state index contributed by atoms with van der Waals surface area (Å²) in [6.45, 7) is 1.01. The van der Waals surface area contributed by atoms with Crippen molar-refractivity contribution in [3.8, 4) is 5.75 Å². The van der Waals surface area contributed by atoms with Gasteiger partial charge in [0.05, 0.1) is 27.9 Å². The number of rotatable bonds is 4. The Morgan fingerprint density at radius 1 is 1.04 bits per heavy atom. The number of halogens is 3. The van der Waals surface area contributed by atoms with E-state index in [1.165, 1.54) is 12.1 Å². The molecule has 148 valence electrons. The van der Waals surface area contributed by atoms with Gasteiger partial charge in [-0.2, -0.15) is 0 Å². The standard InChI is InChI=1S/C20H19Cl3N2O3/c1-28-14-4-2-3-13(9-14)20(27)25-7-5-12(6-8-25)19(26)24-18-11-16(22)15(21)10-17(18)23/h2-4,9-12H,5-8H2,1H3,(H,24,26). The first-order chi connectivity index (χ1) is 13.4. The summed E-state index contributed by atoms with van der Waals surface area (Å²) in [6.07, 6.45) is 1.14. The highest BCUT2D eigenvalue weighted by Crippen LogP contribution is 2.33. The van der Waals surface area contributed by atoms with E-state index < -0.39 is 0 Å². The number of ether oxygens (including phenoxy) is 1. The molecule has 0 atom stereocenters. The molecular formula is C20H19Cl3N2O3. The Bertz CT molecular complexity index is 896. The zero-order chi connectivity index (χ0) is 20.3. The Kier molecular flexibility index (Phi) is 6.70. The summed E-state index contributed by atoms with van der Waals surface area (Å²) in [5.41, 5.74) is 1.00. The number of nitrogens with zero attached hydrogens (tertiary/aromatic N) is 1. The molecule has 0 aromatic heterocycles. The van der Waals surface area contributed by atoms with E-state index in [1.54, 1.807) is 36.3 Å². The summed E-state index contributed by atoms with van der Waals surface area (Å²) in [4.78, 5) is 27.0. The Balaban J connectivity index is 1.59. The van der Waals surface area contributed by atoms with Crippen LogP contribution in [-0.4, -0.2) is 36.9 Å². The summed E-state index contributed by atoms with van der Waals surface area (Å²) < 4.78 is 5.17. The van der Waals surface area contributed by atoms with E-state index in [2.05, 4.69) is 5.32 Å². The van der Waals surface area contributed by atoms with Crippen LogP contribution in [-0.2, 0) is 4.79 Å². The smallest absolute Gasteiger partial charge is 0.253 e. The van der Waals surface area contributed by atoms with Crippen molar-refractivity contribution in [2.45, 2.75) is 12.8 Å². The van der Waals surface area contributed by atoms with Crippen molar-refractivity contribution in [1.29, 1.82) is 0 Å². The van der Waals surface area contributed by atoms with Crippen LogP contribution in [0.1, 0.15) is 23.2 Å². The van der Waals surface area contributed by atoms with Crippen molar-refractivity contribution in [2.24, 2.45) is 5.92 Å². The van der Waals surface area contributed by atoms with Crippen LogP contribution in [0.15, 0.2) is 36.4 Å². The van der Waals surface area contributed by atoms with Gasteiger partial charge in [-0.15, -0.1) is 0 Å². The van der Waals surface area contributed by atoms with E-state index in [-0.39, 0.29) is 17.7 Å². The van der Waals surface area contributed by atoms with Crippen molar-refractivity contribution in [3.63, 3.8) is 0 Å². The molecule has 0 spiro atoms. The van der Waals surface area contributed by atoms with Gasteiger partial charge in [0, 0.05) is 24.6 Å². The summed E-state index contributed by atoms with van der Waals surface area (Å²) in [7, 11) is 1.56. The first kappa shape index (κ1) is 20.8. The zero-order valence-corrected chi connectivity index (χ0v) is 17.4. The van der Waals surface area contributed by atoms with Crippen molar-refractivity contribution < 1.29 is 14.3 Å². The zero-order valence-electron chi connectivity index (χ0n) is 15.2. The lowest BCUT2D eigenvalue weighted by Gasteiger charge is -2.31. The van der Waals surface area contributed by atoms with Crippen LogP contribution in [0.2, 0.25) is 15.1 Å². The molecule has 3 rings (SSSR count). The average Bonchev–Trinajstić information content (AvgIpc) is 2.71. The molecule has 1 fully saturated rings. The van der Waals surface area contributed by atoms with Crippen molar-refractivity contribution >= 4 is 52.3 Å². The fourth-order valence-corrected chi connectivity index (χ4v) is 3.73. The van der Waals surface area contributed by atoms with Gasteiger partial charge in [0.1, 0.15) is 5.75 Å². The normalized spacial score (nSPS) is 14.6. The van der Waals surface area contributed by atoms with Gasteiger partial charge in [-0.3, -0.25) is 9.59 Å². The lowest BCUT2D eigenvalue weighted by Crippen LogP contribution is -2.41. The predicted octanol–water partition coefficient (Wildman–Crippen LogP) is 5.15. The van der Waals surface area contributed by atoms with Gasteiger partial charge < -0.3 is 15.0 Å². The number of nitrogens with one attached hydrogen (secondary N) is 1. The first-order valence-corrected chi connectivity index (χ1v) is 9.91. The third-order valence-corrected chi connectivity index (χ3v) is 5.77. The SMILES string of the molecule is COc1cccc(C(=O)N2CCC(C(=O)Nc3cc(Cl)c(Cl)cc3Cl)CC2)c1. The van der Waals surface area contributed by atoms with Gasteiger partial charge in [-0.05, 0) is 43.2 Å². The molecule has 2 amide bonds. The molecule has 1 aliphatic rings. The quantitative estimate of drug-likeness (QED) is 0.668. The number of likely N-dealkylation sites (tertiary alicyclic amines) is 1. The molecule has 0 aliphatic carbocycles. The molecule has 2 aromatic rings. The van der Waals surface area contributed by atoms with E-state index in [0.29, 0.717) is 58.0 Å². The van der Waals surface area contributed by atoms with Crippen LogP contribution in [0.3, 0.4) is 0 Å². The minimum atomic E-state index is -0.208. The van der Waals surface area contributed by atoms with E-state index in [0.717, 1.165) is 0 Å². The second kappa shape index (κ2) is 9.03.